The van der Waals surface area contributed by atoms with Gasteiger partial charge >= 0.3 is 0 Å². The molecule has 0 spiro atoms. The van der Waals surface area contributed by atoms with Gasteiger partial charge in [0.05, 0.1) is 19.3 Å². The number of ether oxygens (including phenoxy) is 3. The Morgan fingerprint density at radius 2 is 2.07 bits per heavy atom. The van der Waals surface area contributed by atoms with Crippen molar-refractivity contribution in [2.75, 3.05) is 20.3 Å². The molecular weight excluding hydrogens is 192 g/mol. The van der Waals surface area contributed by atoms with E-state index in [2.05, 4.69) is 13.8 Å². The van der Waals surface area contributed by atoms with Gasteiger partial charge in [-0.25, -0.2) is 0 Å². The average Bonchev–Trinajstić information content (AvgIpc) is 2.27. The lowest BCUT2D eigenvalue weighted by atomic mass is 9.96. The van der Waals surface area contributed by atoms with Crippen molar-refractivity contribution in [3.63, 3.8) is 0 Å². The second-order valence-electron chi connectivity index (χ2n) is 4.18. The molecule has 0 aromatic rings. The fourth-order valence-corrected chi connectivity index (χ4v) is 2.02. The van der Waals surface area contributed by atoms with Crippen molar-refractivity contribution in [3.05, 3.63) is 0 Å². The molecule has 1 fully saturated rings. The summed E-state index contributed by atoms with van der Waals surface area (Å²) in [4.78, 5) is 0. The maximum Gasteiger partial charge on any atom is 0.160 e. The highest BCUT2D eigenvalue weighted by atomic mass is 16.7. The maximum atomic E-state index is 5.93. The molecule has 0 unspecified atom stereocenters. The third-order valence-corrected chi connectivity index (χ3v) is 3.00. The molecule has 3 atom stereocenters. The Balaban J connectivity index is 2.35. The van der Waals surface area contributed by atoms with Crippen molar-refractivity contribution in [2.45, 2.75) is 51.9 Å². The fraction of sp³-hybridized carbons (Fsp3) is 1.00. The van der Waals surface area contributed by atoms with Crippen molar-refractivity contribution >= 4 is 0 Å². The Morgan fingerprint density at radius 3 is 2.67 bits per heavy atom. The van der Waals surface area contributed by atoms with Gasteiger partial charge in [-0.05, 0) is 12.8 Å². The molecule has 3 nitrogen and oxygen atoms in total. The molecule has 15 heavy (non-hydrogen) atoms. The van der Waals surface area contributed by atoms with Crippen LogP contribution >= 0.6 is 0 Å². The second-order valence-corrected chi connectivity index (χ2v) is 4.18. The van der Waals surface area contributed by atoms with Crippen molar-refractivity contribution in [2.24, 2.45) is 5.92 Å². The predicted octanol–water partition coefficient (Wildman–Crippen LogP) is 2.59. The molecule has 1 aliphatic heterocycles. The van der Waals surface area contributed by atoms with Crippen molar-refractivity contribution in [1.82, 2.24) is 0 Å². The molecule has 0 amide bonds. The van der Waals surface area contributed by atoms with Crippen LogP contribution in [0.3, 0.4) is 0 Å². The molecule has 0 bridgehead atoms. The zero-order chi connectivity index (χ0) is 11.1. The molecule has 1 rings (SSSR count). The molecular formula is C12H24O3. The number of hydrogen-bond acceptors (Lipinski definition) is 3. The van der Waals surface area contributed by atoms with Crippen LogP contribution in [0.1, 0.15) is 39.5 Å². The van der Waals surface area contributed by atoms with Gasteiger partial charge in [0.2, 0.25) is 0 Å². The minimum absolute atomic E-state index is 0.0516. The summed E-state index contributed by atoms with van der Waals surface area (Å²) >= 11 is 0. The summed E-state index contributed by atoms with van der Waals surface area (Å²) < 4.78 is 16.6. The summed E-state index contributed by atoms with van der Waals surface area (Å²) in [6.07, 6.45) is 4.64. The van der Waals surface area contributed by atoms with E-state index >= 15 is 0 Å². The van der Waals surface area contributed by atoms with Crippen LogP contribution in [-0.2, 0) is 14.2 Å². The Morgan fingerprint density at radius 1 is 1.27 bits per heavy atom. The molecule has 90 valence electrons. The third-order valence-electron chi connectivity index (χ3n) is 3.00. The zero-order valence-corrected chi connectivity index (χ0v) is 10.2. The van der Waals surface area contributed by atoms with Crippen LogP contribution < -0.4 is 0 Å². The first-order valence-corrected chi connectivity index (χ1v) is 6.07. The summed E-state index contributed by atoms with van der Waals surface area (Å²) in [5, 5.41) is 0. The van der Waals surface area contributed by atoms with Gasteiger partial charge in [-0.3, -0.25) is 0 Å². The molecule has 1 saturated heterocycles. The Bertz CT molecular complexity index is 161. The van der Waals surface area contributed by atoms with E-state index in [4.69, 9.17) is 14.2 Å². The van der Waals surface area contributed by atoms with Gasteiger partial charge < -0.3 is 14.2 Å². The Kier molecular flexibility index (Phi) is 6.22. The van der Waals surface area contributed by atoms with E-state index in [-0.39, 0.29) is 6.29 Å². The molecule has 0 N–H and O–H groups in total. The lowest BCUT2D eigenvalue weighted by Gasteiger charge is -2.36. The monoisotopic (exact) mass is 216 g/mol. The first-order valence-electron chi connectivity index (χ1n) is 6.07. The van der Waals surface area contributed by atoms with E-state index in [1.54, 1.807) is 7.11 Å². The normalized spacial score (nSPS) is 31.8. The predicted molar refractivity (Wildman–Crippen MR) is 59.8 cm³/mol. The van der Waals surface area contributed by atoms with Gasteiger partial charge in [0, 0.05) is 19.4 Å². The largest absolute Gasteiger partial charge is 0.384 e. The van der Waals surface area contributed by atoms with E-state index in [1.807, 2.05) is 0 Å². The maximum absolute atomic E-state index is 5.93. The quantitative estimate of drug-likeness (QED) is 0.683. The highest BCUT2D eigenvalue weighted by Gasteiger charge is 2.29. The first kappa shape index (κ1) is 12.9. The van der Waals surface area contributed by atoms with Gasteiger partial charge in [0.25, 0.3) is 0 Å². The topological polar surface area (TPSA) is 27.7 Å². The van der Waals surface area contributed by atoms with Gasteiger partial charge in [0.1, 0.15) is 0 Å². The second kappa shape index (κ2) is 7.20. The van der Waals surface area contributed by atoms with Crippen LogP contribution in [0.25, 0.3) is 0 Å². The fourth-order valence-electron chi connectivity index (χ4n) is 2.02. The Hall–Kier alpha value is -0.120. The minimum atomic E-state index is -0.0516. The van der Waals surface area contributed by atoms with Crippen LogP contribution in [0, 0.1) is 5.92 Å². The van der Waals surface area contributed by atoms with Crippen LogP contribution in [-0.4, -0.2) is 32.7 Å². The standard InChI is InChI=1S/C12H24O3/c1-4-6-11-10(5-2)9-14-12(15-11)7-8-13-3/h10-12H,4-9H2,1-3H3/t10-,11-,12+/m1/s1. The number of hydrogen-bond donors (Lipinski definition) is 0. The van der Waals surface area contributed by atoms with Crippen LogP contribution in [0.5, 0.6) is 0 Å². The molecule has 3 heteroatoms. The summed E-state index contributed by atoms with van der Waals surface area (Å²) in [5.41, 5.74) is 0. The van der Waals surface area contributed by atoms with E-state index in [1.165, 1.54) is 6.42 Å². The lowest BCUT2D eigenvalue weighted by molar-refractivity contribution is -0.242. The van der Waals surface area contributed by atoms with Gasteiger partial charge in [-0.15, -0.1) is 0 Å². The molecule has 1 heterocycles. The number of rotatable bonds is 6. The number of methoxy groups -OCH3 is 1. The first-order chi connectivity index (χ1) is 7.31. The summed E-state index contributed by atoms with van der Waals surface area (Å²) in [6.45, 7) is 5.96. The van der Waals surface area contributed by atoms with E-state index in [0.717, 1.165) is 25.9 Å². The van der Waals surface area contributed by atoms with Crippen LogP contribution in [0.2, 0.25) is 0 Å². The zero-order valence-electron chi connectivity index (χ0n) is 10.2. The molecule has 0 radical (unpaired) electrons. The molecule has 1 aliphatic rings. The van der Waals surface area contributed by atoms with Crippen LogP contribution in [0.15, 0.2) is 0 Å². The molecule has 0 aromatic carbocycles. The van der Waals surface area contributed by atoms with Gasteiger partial charge in [0.15, 0.2) is 6.29 Å². The summed E-state index contributed by atoms with van der Waals surface area (Å²) in [5.74, 6) is 0.573. The molecule has 0 saturated carbocycles. The SMILES string of the molecule is CCC[C@H]1O[C@@H](CCOC)OC[C@H]1CC. The van der Waals surface area contributed by atoms with Gasteiger partial charge in [-0.2, -0.15) is 0 Å². The van der Waals surface area contributed by atoms with E-state index < -0.39 is 0 Å². The molecule has 0 aliphatic carbocycles. The smallest absolute Gasteiger partial charge is 0.160 e. The van der Waals surface area contributed by atoms with Crippen LogP contribution in [0.4, 0.5) is 0 Å². The lowest BCUT2D eigenvalue weighted by Crippen LogP contribution is -2.40. The van der Waals surface area contributed by atoms with Crippen molar-refractivity contribution < 1.29 is 14.2 Å². The van der Waals surface area contributed by atoms with Gasteiger partial charge in [-0.1, -0.05) is 20.3 Å². The Labute approximate surface area is 93.1 Å². The average molecular weight is 216 g/mol. The summed E-state index contributed by atoms with van der Waals surface area (Å²) in [7, 11) is 1.71. The third kappa shape index (κ3) is 4.09. The highest BCUT2D eigenvalue weighted by Crippen LogP contribution is 2.25. The van der Waals surface area contributed by atoms with Crippen molar-refractivity contribution in [1.29, 1.82) is 0 Å². The van der Waals surface area contributed by atoms with E-state index in [9.17, 15) is 0 Å². The highest BCUT2D eigenvalue weighted by molar-refractivity contribution is 4.73. The molecule has 0 aromatic heterocycles. The summed E-state index contributed by atoms with van der Waals surface area (Å²) in [6, 6.07) is 0. The van der Waals surface area contributed by atoms with Crippen molar-refractivity contribution in [3.8, 4) is 0 Å². The van der Waals surface area contributed by atoms with E-state index in [0.29, 0.717) is 18.6 Å². The minimum Gasteiger partial charge on any atom is -0.384 e.